The van der Waals surface area contributed by atoms with Gasteiger partial charge >= 0.3 is 0 Å². The smallest absolute Gasteiger partial charge is 0.293 e. The summed E-state index contributed by atoms with van der Waals surface area (Å²) in [6.45, 7) is 8.05. The average Bonchev–Trinajstić information content (AvgIpc) is 2.69. The largest absolute Gasteiger partial charge is 0.489 e. The van der Waals surface area contributed by atoms with Gasteiger partial charge < -0.3 is 18.8 Å². The summed E-state index contributed by atoms with van der Waals surface area (Å²) in [7, 11) is 0. The van der Waals surface area contributed by atoms with Crippen molar-refractivity contribution in [3.05, 3.63) is 35.2 Å². The van der Waals surface area contributed by atoms with E-state index < -0.39 is 0 Å². The van der Waals surface area contributed by atoms with Crippen molar-refractivity contribution in [1.29, 1.82) is 0 Å². The Morgan fingerprint density at radius 2 is 2.21 bits per heavy atom. The van der Waals surface area contributed by atoms with E-state index in [2.05, 4.69) is 23.7 Å². The quantitative estimate of drug-likeness (QED) is 0.389. The van der Waals surface area contributed by atoms with E-state index in [1.54, 1.807) is 0 Å². The first-order valence-corrected chi connectivity index (χ1v) is 9.58. The molecule has 28 heavy (non-hydrogen) atoms. The van der Waals surface area contributed by atoms with Crippen LogP contribution in [0.25, 0.3) is 22.6 Å². The number of nitrogens with one attached hydrogen (secondary N) is 1. The molecule has 0 amide bonds. The third kappa shape index (κ3) is 3.52. The van der Waals surface area contributed by atoms with Crippen LogP contribution in [0.5, 0.6) is 5.75 Å². The number of carbonyl (C=O) groups excluding carboxylic acids is 1. The highest BCUT2D eigenvalue weighted by Gasteiger charge is 2.21. The standard InChI is InChI=1S/C21H23N3O4/c1-3-22-15-10-19-16(9-14(15)2)23-17-11-21-18(12-20(17)28-19)24(6-8-27-21)5-4-7-26-13-25/h9-13H,3-8H2,1-2H3/p+1. The second kappa shape index (κ2) is 7.88. The number of hydrogen-bond donors (Lipinski definition) is 1. The minimum absolute atomic E-state index is 0.410. The molecule has 0 atom stereocenters. The van der Waals surface area contributed by atoms with Gasteiger partial charge in [0.25, 0.3) is 6.47 Å². The van der Waals surface area contributed by atoms with E-state index in [0.29, 0.717) is 19.7 Å². The van der Waals surface area contributed by atoms with Crippen LogP contribution in [0.1, 0.15) is 18.9 Å². The van der Waals surface area contributed by atoms with Gasteiger partial charge in [-0.25, -0.2) is 9.98 Å². The summed E-state index contributed by atoms with van der Waals surface area (Å²) in [4.78, 5) is 20.7. The maximum Gasteiger partial charge on any atom is 0.293 e. The molecular formula is C21H24N3O4+. The van der Waals surface area contributed by atoms with E-state index in [9.17, 15) is 4.79 Å². The molecule has 0 saturated heterocycles. The van der Waals surface area contributed by atoms with Gasteiger partial charge in [0.15, 0.2) is 11.3 Å². The normalized spacial score (nSPS) is 14.2. The zero-order chi connectivity index (χ0) is 19.5. The zero-order valence-corrected chi connectivity index (χ0v) is 16.2. The lowest BCUT2D eigenvalue weighted by Gasteiger charge is -2.31. The van der Waals surface area contributed by atoms with Gasteiger partial charge in [0.2, 0.25) is 5.36 Å². The molecule has 1 N–H and O–H groups in total. The molecule has 0 saturated carbocycles. The van der Waals surface area contributed by atoms with Crippen molar-refractivity contribution in [3.63, 3.8) is 0 Å². The molecule has 1 aromatic carbocycles. The van der Waals surface area contributed by atoms with Crippen LogP contribution in [0.2, 0.25) is 0 Å². The number of nitrogens with zero attached hydrogens (tertiary/aromatic N) is 2. The second-order valence-corrected chi connectivity index (χ2v) is 6.82. The molecule has 2 heterocycles. The second-order valence-electron chi connectivity index (χ2n) is 6.82. The Balaban J connectivity index is 1.75. The van der Waals surface area contributed by atoms with Gasteiger partial charge in [-0.3, -0.25) is 4.79 Å². The Kier molecular flexibility index (Phi) is 5.14. The molecule has 7 nitrogen and oxygen atoms in total. The Bertz CT molecular complexity index is 1040. The van der Waals surface area contributed by atoms with Gasteiger partial charge in [0.1, 0.15) is 30.1 Å². The molecule has 0 aromatic heterocycles. The van der Waals surface area contributed by atoms with Gasteiger partial charge in [-0.2, -0.15) is 0 Å². The van der Waals surface area contributed by atoms with Gasteiger partial charge in [0, 0.05) is 24.2 Å². The number of carbonyl (C=O) groups is 1. The van der Waals surface area contributed by atoms with Crippen LogP contribution in [-0.4, -0.2) is 44.3 Å². The predicted octanol–water partition coefficient (Wildman–Crippen LogP) is 1.00. The fourth-order valence-electron chi connectivity index (χ4n) is 3.55. The predicted molar refractivity (Wildman–Crippen MR) is 104 cm³/mol. The Labute approximate surface area is 162 Å². The average molecular weight is 382 g/mol. The van der Waals surface area contributed by atoms with Crippen molar-refractivity contribution in [2.45, 2.75) is 20.3 Å². The molecule has 1 aliphatic carbocycles. The topological polar surface area (TPSA) is 78.8 Å². The molecule has 7 heteroatoms. The monoisotopic (exact) mass is 382 g/mol. The highest BCUT2D eigenvalue weighted by atomic mass is 16.5. The Morgan fingerprint density at radius 3 is 3.04 bits per heavy atom. The number of benzene rings is 2. The summed E-state index contributed by atoms with van der Waals surface area (Å²) >= 11 is 0. The number of anilines is 1. The van der Waals surface area contributed by atoms with Crippen LogP contribution >= 0.6 is 0 Å². The molecule has 0 unspecified atom stereocenters. The van der Waals surface area contributed by atoms with Gasteiger partial charge in [0.05, 0.1) is 24.9 Å². The molecule has 3 aliphatic rings. The van der Waals surface area contributed by atoms with Crippen molar-refractivity contribution >= 4 is 23.3 Å². The molecule has 0 fully saturated rings. The van der Waals surface area contributed by atoms with Crippen LogP contribution in [0.15, 0.2) is 28.7 Å². The van der Waals surface area contributed by atoms with Crippen LogP contribution in [-0.2, 0) is 9.53 Å². The molecule has 146 valence electrons. The van der Waals surface area contributed by atoms with E-state index in [0.717, 1.165) is 71.0 Å². The lowest BCUT2D eigenvalue weighted by Crippen LogP contribution is -2.76. The van der Waals surface area contributed by atoms with Gasteiger partial charge in [-0.1, -0.05) is 0 Å². The number of aromatic nitrogens is 1. The van der Waals surface area contributed by atoms with Crippen LogP contribution in [0.3, 0.4) is 0 Å². The number of rotatable bonds is 6. The molecule has 4 rings (SSSR count). The van der Waals surface area contributed by atoms with Crippen molar-refractivity contribution in [3.8, 4) is 17.2 Å². The minimum atomic E-state index is 0.410. The van der Waals surface area contributed by atoms with Crippen LogP contribution < -0.4 is 20.0 Å². The van der Waals surface area contributed by atoms with Crippen LogP contribution in [0.4, 0.5) is 5.69 Å². The lowest BCUT2D eigenvalue weighted by molar-refractivity contribution is -0.496. The first kappa shape index (κ1) is 18.3. The Hall–Kier alpha value is -3.09. The summed E-state index contributed by atoms with van der Waals surface area (Å²) in [6, 6.07) is 7.97. The summed E-state index contributed by atoms with van der Waals surface area (Å²) < 4.78 is 16.8. The summed E-state index contributed by atoms with van der Waals surface area (Å²) in [5.41, 5.74) is 4.43. The van der Waals surface area contributed by atoms with E-state index in [1.807, 2.05) is 24.3 Å². The van der Waals surface area contributed by atoms with E-state index >= 15 is 0 Å². The first-order chi connectivity index (χ1) is 13.7. The van der Waals surface area contributed by atoms with Gasteiger partial charge in [-0.05, 0) is 26.3 Å². The molecular weight excluding hydrogens is 358 g/mol. The highest BCUT2D eigenvalue weighted by Crippen LogP contribution is 2.37. The zero-order valence-electron chi connectivity index (χ0n) is 16.2. The SMILES string of the molecule is CC[NH+]=c1cc2oc3cc4c(cc3nc-2cc1C)OCCN4CCCOC=O. The van der Waals surface area contributed by atoms with Crippen molar-refractivity contribution in [1.82, 2.24) is 4.98 Å². The fourth-order valence-corrected chi connectivity index (χ4v) is 3.55. The maximum atomic E-state index is 10.3. The van der Waals surface area contributed by atoms with E-state index in [1.165, 1.54) is 0 Å². The van der Waals surface area contributed by atoms with Crippen molar-refractivity contribution in [2.24, 2.45) is 0 Å². The van der Waals surface area contributed by atoms with Gasteiger partial charge in [-0.15, -0.1) is 0 Å². The maximum absolute atomic E-state index is 10.3. The van der Waals surface area contributed by atoms with Crippen molar-refractivity contribution < 1.29 is 23.7 Å². The number of fused-ring (bicyclic) bond motifs is 3. The number of aryl methyl sites for hydroxylation is 1. The molecule has 0 bridgehead atoms. The molecule has 0 radical (unpaired) electrons. The van der Waals surface area contributed by atoms with E-state index in [-0.39, 0.29) is 0 Å². The third-order valence-corrected chi connectivity index (χ3v) is 4.89. The number of ether oxygens (including phenoxy) is 2. The van der Waals surface area contributed by atoms with Crippen molar-refractivity contribution in [2.75, 3.05) is 37.7 Å². The highest BCUT2D eigenvalue weighted by molar-refractivity contribution is 5.84. The number of hydrogen-bond acceptors (Lipinski definition) is 6. The van der Waals surface area contributed by atoms with E-state index in [4.69, 9.17) is 18.9 Å². The summed E-state index contributed by atoms with van der Waals surface area (Å²) in [5.74, 6) is 1.55. The first-order valence-electron chi connectivity index (χ1n) is 9.58. The minimum Gasteiger partial charge on any atom is -0.489 e. The lowest BCUT2D eigenvalue weighted by atomic mass is 10.1. The summed E-state index contributed by atoms with van der Waals surface area (Å²) in [6.07, 6.45) is 0.759. The Morgan fingerprint density at radius 1 is 1.32 bits per heavy atom. The third-order valence-electron chi connectivity index (χ3n) is 4.89. The summed E-state index contributed by atoms with van der Waals surface area (Å²) in [5, 5.41) is 1.05. The molecule has 1 aromatic rings. The van der Waals surface area contributed by atoms with Crippen LogP contribution in [0, 0.1) is 6.92 Å². The molecule has 2 aliphatic heterocycles. The molecule has 0 spiro atoms. The fraction of sp³-hybridized carbons (Fsp3) is 0.381.